The van der Waals surface area contributed by atoms with Crippen molar-refractivity contribution in [1.29, 1.82) is 0 Å². The minimum absolute atomic E-state index is 0.287. The maximum Gasteiger partial charge on any atom is 0.275 e. The van der Waals surface area contributed by atoms with Gasteiger partial charge in [-0.25, -0.2) is 13.8 Å². The van der Waals surface area contributed by atoms with Crippen LogP contribution in [0.2, 0.25) is 0 Å². The Morgan fingerprint density at radius 1 is 1.37 bits per heavy atom. The van der Waals surface area contributed by atoms with Gasteiger partial charge in [-0.05, 0) is 0 Å². The lowest BCUT2D eigenvalue weighted by Crippen LogP contribution is -2.08. The van der Waals surface area contributed by atoms with Gasteiger partial charge < -0.3 is 5.32 Å². The Labute approximate surface area is 111 Å². The highest BCUT2D eigenvalue weighted by atomic mass is 32.1. The van der Waals surface area contributed by atoms with Gasteiger partial charge in [-0.1, -0.05) is 0 Å². The molecule has 5 nitrogen and oxygen atoms in total. The molecule has 0 amide bonds. The summed E-state index contributed by atoms with van der Waals surface area (Å²) in [6.07, 6.45) is 0.513. The van der Waals surface area contributed by atoms with E-state index in [-0.39, 0.29) is 12.2 Å². The first kappa shape index (κ1) is 13.3. The number of hydrogen-bond acceptors (Lipinski definition) is 5. The van der Waals surface area contributed by atoms with Gasteiger partial charge in [0.05, 0.1) is 28.3 Å². The number of nitrogens with one attached hydrogen (secondary N) is 1. The largest absolute Gasteiger partial charge is 0.380 e. The molecule has 0 spiro atoms. The Balaban J connectivity index is 2.06. The van der Waals surface area contributed by atoms with E-state index in [4.69, 9.17) is 0 Å². The van der Waals surface area contributed by atoms with E-state index in [0.29, 0.717) is 18.6 Å². The molecule has 0 aliphatic rings. The highest BCUT2D eigenvalue weighted by Crippen LogP contribution is 2.24. The topological polar surface area (TPSA) is 68.1 Å². The average Bonchev–Trinajstić information content (AvgIpc) is 2.85. The maximum absolute atomic E-state index is 13.5. The average molecular weight is 285 g/mol. The molecule has 0 aliphatic heterocycles. The molecule has 0 aliphatic carbocycles. The second kappa shape index (κ2) is 5.70. The molecule has 8 heteroatoms. The van der Waals surface area contributed by atoms with Crippen molar-refractivity contribution in [3.8, 4) is 0 Å². The standard InChI is InChI=1S/C11H9F2N3O2S/c12-9-3-8(16(17)18)4-10(13)11(9)14-2-1-7-5-19-6-15-7/h3-6,14H,1-2H2. The van der Waals surface area contributed by atoms with Crippen LogP contribution in [0.25, 0.3) is 0 Å². The molecule has 19 heavy (non-hydrogen) atoms. The summed E-state index contributed by atoms with van der Waals surface area (Å²) in [5, 5.41) is 14.8. The number of anilines is 1. The molecule has 0 saturated heterocycles. The third-order valence-corrected chi connectivity index (χ3v) is 3.04. The lowest BCUT2D eigenvalue weighted by Gasteiger charge is -2.07. The zero-order valence-electron chi connectivity index (χ0n) is 9.60. The number of nitro groups is 1. The van der Waals surface area contributed by atoms with E-state index in [1.54, 1.807) is 5.51 Å². The van der Waals surface area contributed by atoms with Crippen molar-refractivity contribution in [3.63, 3.8) is 0 Å². The van der Waals surface area contributed by atoms with E-state index >= 15 is 0 Å². The summed E-state index contributed by atoms with van der Waals surface area (Å²) in [4.78, 5) is 13.6. The van der Waals surface area contributed by atoms with Crippen LogP contribution in [0.1, 0.15) is 5.69 Å². The Kier molecular flexibility index (Phi) is 4.00. The first-order chi connectivity index (χ1) is 9.08. The minimum atomic E-state index is -0.982. The van der Waals surface area contributed by atoms with Crippen molar-refractivity contribution in [2.45, 2.75) is 6.42 Å². The van der Waals surface area contributed by atoms with E-state index in [9.17, 15) is 18.9 Å². The van der Waals surface area contributed by atoms with Crippen molar-refractivity contribution >= 4 is 22.7 Å². The van der Waals surface area contributed by atoms with Crippen LogP contribution in [-0.4, -0.2) is 16.5 Å². The fourth-order valence-corrected chi connectivity index (χ4v) is 2.10. The first-order valence-electron chi connectivity index (χ1n) is 5.32. The van der Waals surface area contributed by atoms with E-state index in [1.807, 2.05) is 5.38 Å². The fraction of sp³-hybridized carbons (Fsp3) is 0.182. The quantitative estimate of drug-likeness (QED) is 0.677. The van der Waals surface area contributed by atoms with Gasteiger partial charge in [0.1, 0.15) is 5.69 Å². The van der Waals surface area contributed by atoms with Crippen LogP contribution in [0.5, 0.6) is 0 Å². The molecular formula is C11H9F2N3O2S. The summed E-state index contributed by atoms with van der Waals surface area (Å²) >= 11 is 1.44. The van der Waals surface area contributed by atoms with Crippen molar-refractivity contribution in [1.82, 2.24) is 4.98 Å². The van der Waals surface area contributed by atoms with Gasteiger partial charge in [0.25, 0.3) is 5.69 Å². The fourth-order valence-electron chi connectivity index (χ4n) is 1.51. The van der Waals surface area contributed by atoms with Gasteiger partial charge in [0.2, 0.25) is 0 Å². The Hall–Kier alpha value is -2.09. The minimum Gasteiger partial charge on any atom is -0.380 e. The van der Waals surface area contributed by atoms with E-state index < -0.39 is 22.2 Å². The van der Waals surface area contributed by atoms with Gasteiger partial charge in [0.15, 0.2) is 11.6 Å². The first-order valence-corrected chi connectivity index (χ1v) is 6.26. The van der Waals surface area contributed by atoms with Gasteiger partial charge in [0, 0.05) is 18.3 Å². The predicted octanol–water partition coefficient (Wildman–Crippen LogP) is 2.98. The van der Waals surface area contributed by atoms with E-state index in [1.165, 1.54) is 11.3 Å². The van der Waals surface area contributed by atoms with Crippen LogP contribution in [-0.2, 0) is 6.42 Å². The van der Waals surface area contributed by atoms with Crippen LogP contribution >= 0.6 is 11.3 Å². The summed E-state index contributed by atoms with van der Waals surface area (Å²) in [6, 6.07) is 1.38. The molecule has 2 rings (SSSR count). The molecule has 0 fully saturated rings. The van der Waals surface area contributed by atoms with Crippen LogP contribution in [0.3, 0.4) is 0 Å². The summed E-state index contributed by atoms with van der Waals surface area (Å²) in [5.74, 6) is -1.96. The number of aromatic nitrogens is 1. The number of non-ortho nitro benzene ring substituents is 1. The second-order valence-corrected chi connectivity index (χ2v) is 4.42. The summed E-state index contributed by atoms with van der Waals surface area (Å²) < 4.78 is 27.0. The summed E-state index contributed by atoms with van der Waals surface area (Å²) in [7, 11) is 0. The third kappa shape index (κ3) is 3.22. The van der Waals surface area contributed by atoms with Crippen LogP contribution < -0.4 is 5.32 Å². The molecule has 1 N–H and O–H groups in total. The molecule has 1 heterocycles. The number of nitrogens with zero attached hydrogens (tertiary/aromatic N) is 2. The number of rotatable bonds is 5. The van der Waals surface area contributed by atoms with Crippen molar-refractivity contribution in [2.24, 2.45) is 0 Å². The monoisotopic (exact) mass is 285 g/mol. The molecule has 2 aromatic rings. The molecule has 0 unspecified atom stereocenters. The van der Waals surface area contributed by atoms with Crippen LogP contribution in [0, 0.1) is 21.7 Å². The highest BCUT2D eigenvalue weighted by molar-refractivity contribution is 7.07. The Morgan fingerprint density at radius 2 is 2.05 bits per heavy atom. The van der Waals surface area contributed by atoms with Crippen LogP contribution in [0.4, 0.5) is 20.2 Å². The number of benzene rings is 1. The molecule has 0 atom stereocenters. The second-order valence-electron chi connectivity index (χ2n) is 3.70. The zero-order chi connectivity index (χ0) is 13.8. The number of hydrogen-bond donors (Lipinski definition) is 1. The lowest BCUT2D eigenvalue weighted by atomic mass is 10.2. The number of halogens is 2. The summed E-state index contributed by atoms with van der Waals surface area (Å²) in [5.41, 5.74) is 1.52. The van der Waals surface area contributed by atoms with E-state index in [2.05, 4.69) is 10.3 Å². The van der Waals surface area contributed by atoms with Gasteiger partial charge in [-0.3, -0.25) is 10.1 Å². The zero-order valence-corrected chi connectivity index (χ0v) is 10.4. The molecule has 0 radical (unpaired) electrons. The highest BCUT2D eigenvalue weighted by Gasteiger charge is 2.16. The van der Waals surface area contributed by atoms with Crippen molar-refractivity contribution < 1.29 is 13.7 Å². The molecule has 1 aromatic heterocycles. The normalized spacial score (nSPS) is 10.4. The summed E-state index contributed by atoms with van der Waals surface area (Å²) in [6.45, 7) is 0.287. The molecule has 0 saturated carbocycles. The number of thiazole rings is 1. The molecule has 1 aromatic carbocycles. The Bertz CT molecular complexity index is 567. The van der Waals surface area contributed by atoms with Crippen molar-refractivity contribution in [2.75, 3.05) is 11.9 Å². The molecule has 100 valence electrons. The molecule has 0 bridgehead atoms. The third-order valence-electron chi connectivity index (χ3n) is 2.40. The van der Waals surface area contributed by atoms with Gasteiger partial charge >= 0.3 is 0 Å². The maximum atomic E-state index is 13.5. The predicted molar refractivity (Wildman–Crippen MR) is 67.3 cm³/mol. The smallest absolute Gasteiger partial charge is 0.275 e. The number of nitro benzene ring substituents is 1. The lowest BCUT2D eigenvalue weighted by molar-refractivity contribution is -0.385. The Morgan fingerprint density at radius 3 is 2.58 bits per heavy atom. The SMILES string of the molecule is O=[N+]([O-])c1cc(F)c(NCCc2cscn2)c(F)c1. The van der Waals surface area contributed by atoms with Gasteiger partial charge in [-0.15, -0.1) is 11.3 Å². The van der Waals surface area contributed by atoms with E-state index in [0.717, 1.165) is 5.69 Å². The molecular weight excluding hydrogens is 276 g/mol. The van der Waals surface area contributed by atoms with Gasteiger partial charge in [-0.2, -0.15) is 0 Å². The van der Waals surface area contributed by atoms with Crippen LogP contribution in [0.15, 0.2) is 23.0 Å². The van der Waals surface area contributed by atoms with Crippen molar-refractivity contribution in [3.05, 3.63) is 50.5 Å².